The summed E-state index contributed by atoms with van der Waals surface area (Å²) >= 11 is 0. The van der Waals surface area contributed by atoms with Gasteiger partial charge >= 0.3 is 0 Å². The zero-order valence-electron chi connectivity index (χ0n) is 11.6. The molecule has 0 unspecified atom stereocenters. The molecule has 1 rings (SSSR count). The number of rotatable bonds is 4. The second kappa shape index (κ2) is 6.39. The smallest absolute Gasteiger partial charge is 0.237 e. The van der Waals surface area contributed by atoms with E-state index in [1.165, 1.54) is 32.1 Å². The van der Waals surface area contributed by atoms with Crippen LogP contribution < -0.4 is 11.1 Å². The summed E-state index contributed by atoms with van der Waals surface area (Å²) in [6.07, 6.45) is 7.89. The van der Waals surface area contributed by atoms with Crippen molar-refractivity contribution in [2.45, 2.75) is 65.3 Å². The van der Waals surface area contributed by atoms with Crippen molar-refractivity contribution in [3.05, 3.63) is 0 Å². The maximum absolute atomic E-state index is 11.8. The van der Waals surface area contributed by atoms with Crippen molar-refractivity contribution < 1.29 is 4.79 Å². The Labute approximate surface area is 106 Å². The lowest BCUT2D eigenvalue weighted by molar-refractivity contribution is -0.124. The Bertz CT molecular complexity index is 239. The van der Waals surface area contributed by atoms with Gasteiger partial charge < -0.3 is 11.1 Å². The zero-order chi connectivity index (χ0) is 12.9. The van der Waals surface area contributed by atoms with Crippen LogP contribution in [0.15, 0.2) is 0 Å². The molecule has 1 atom stereocenters. The molecule has 0 bridgehead atoms. The standard InChI is InChI=1S/C14H28N2O/c1-14(2,3)12(15)13(17)16-10-9-11-7-5-4-6-8-11/h11-12H,4-10,15H2,1-3H3,(H,16,17)/t12-/m1/s1. The molecular formula is C14H28N2O. The van der Waals surface area contributed by atoms with Crippen LogP contribution in [0.5, 0.6) is 0 Å². The molecule has 1 aliphatic carbocycles. The summed E-state index contributed by atoms with van der Waals surface area (Å²) < 4.78 is 0. The van der Waals surface area contributed by atoms with E-state index in [-0.39, 0.29) is 11.3 Å². The molecule has 3 nitrogen and oxygen atoms in total. The Morgan fingerprint density at radius 3 is 2.41 bits per heavy atom. The average Bonchev–Trinajstić information content (AvgIpc) is 2.28. The maximum Gasteiger partial charge on any atom is 0.237 e. The Morgan fingerprint density at radius 2 is 1.88 bits per heavy atom. The summed E-state index contributed by atoms with van der Waals surface area (Å²) in [5, 5.41) is 2.97. The Kier molecular flexibility index (Phi) is 5.44. The van der Waals surface area contributed by atoms with Gasteiger partial charge in [-0.05, 0) is 17.8 Å². The molecule has 3 heteroatoms. The minimum Gasteiger partial charge on any atom is -0.355 e. The number of carbonyl (C=O) groups excluding carboxylic acids is 1. The van der Waals surface area contributed by atoms with Crippen molar-refractivity contribution in [2.24, 2.45) is 17.1 Å². The molecule has 1 aliphatic rings. The van der Waals surface area contributed by atoms with Gasteiger partial charge in [0.25, 0.3) is 0 Å². The topological polar surface area (TPSA) is 55.1 Å². The molecular weight excluding hydrogens is 212 g/mol. The van der Waals surface area contributed by atoms with Crippen molar-refractivity contribution in [1.29, 1.82) is 0 Å². The molecule has 0 heterocycles. The van der Waals surface area contributed by atoms with Crippen molar-refractivity contribution in [1.82, 2.24) is 5.32 Å². The van der Waals surface area contributed by atoms with Crippen LogP contribution in [0, 0.1) is 11.3 Å². The summed E-state index contributed by atoms with van der Waals surface area (Å²) in [5.41, 5.74) is 5.74. The van der Waals surface area contributed by atoms with Crippen LogP contribution >= 0.6 is 0 Å². The molecule has 0 aromatic rings. The van der Waals surface area contributed by atoms with E-state index in [4.69, 9.17) is 5.73 Å². The van der Waals surface area contributed by atoms with Crippen LogP contribution in [0.2, 0.25) is 0 Å². The number of carbonyl (C=O) groups is 1. The van der Waals surface area contributed by atoms with Gasteiger partial charge in [0, 0.05) is 6.54 Å². The summed E-state index contributed by atoms with van der Waals surface area (Å²) in [4.78, 5) is 11.8. The Balaban J connectivity index is 2.19. The van der Waals surface area contributed by atoms with Crippen LogP contribution in [0.25, 0.3) is 0 Å². The molecule has 0 saturated heterocycles. The van der Waals surface area contributed by atoms with E-state index < -0.39 is 6.04 Å². The van der Waals surface area contributed by atoms with Gasteiger partial charge in [0.2, 0.25) is 5.91 Å². The first-order chi connectivity index (χ1) is 7.91. The van der Waals surface area contributed by atoms with Crippen LogP contribution in [-0.4, -0.2) is 18.5 Å². The van der Waals surface area contributed by atoms with E-state index in [1.54, 1.807) is 0 Å². The average molecular weight is 240 g/mol. The largest absolute Gasteiger partial charge is 0.355 e. The quantitative estimate of drug-likeness (QED) is 0.793. The van der Waals surface area contributed by atoms with E-state index in [9.17, 15) is 4.79 Å². The lowest BCUT2D eigenvalue weighted by Gasteiger charge is -2.26. The van der Waals surface area contributed by atoms with E-state index in [1.807, 2.05) is 20.8 Å². The number of nitrogens with one attached hydrogen (secondary N) is 1. The minimum absolute atomic E-state index is 0.00619. The van der Waals surface area contributed by atoms with E-state index in [0.29, 0.717) is 0 Å². The van der Waals surface area contributed by atoms with E-state index in [0.717, 1.165) is 18.9 Å². The molecule has 17 heavy (non-hydrogen) atoms. The molecule has 3 N–H and O–H groups in total. The van der Waals surface area contributed by atoms with E-state index in [2.05, 4.69) is 5.32 Å². The van der Waals surface area contributed by atoms with Crippen LogP contribution in [0.3, 0.4) is 0 Å². The highest BCUT2D eigenvalue weighted by Crippen LogP contribution is 2.25. The third-order valence-electron chi connectivity index (χ3n) is 3.79. The van der Waals surface area contributed by atoms with Gasteiger partial charge in [-0.3, -0.25) is 4.79 Å². The van der Waals surface area contributed by atoms with Crippen molar-refractivity contribution in [2.75, 3.05) is 6.54 Å². The normalized spacial score (nSPS) is 20.0. The zero-order valence-corrected chi connectivity index (χ0v) is 11.6. The first-order valence-corrected chi connectivity index (χ1v) is 6.94. The van der Waals surface area contributed by atoms with Crippen molar-refractivity contribution in [3.63, 3.8) is 0 Å². The molecule has 1 amide bonds. The van der Waals surface area contributed by atoms with Gasteiger partial charge in [0.15, 0.2) is 0 Å². The first kappa shape index (κ1) is 14.5. The number of hydrogen-bond donors (Lipinski definition) is 2. The second-order valence-corrected chi connectivity index (χ2v) is 6.43. The summed E-state index contributed by atoms with van der Waals surface area (Å²) in [6.45, 7) is 6.78. The molecule has 0 radical (unpaired) electrons. The maximum atomic E-state index is 11.8. The summed E-state index contributed by atoms with van der Waals surface area (Å²) in [7, 11) is 0. The monoisotopic (exact) mass is 240 g/mol. The highest BCUT2D eigenvalue weighted by Gasteiger charge is 2.27. The number of nitrogens with two attached hydrogens (primary N) is 1. The van der Waals surface area contributed by atoms with E-state index >= 15 is 0 Å². The van der Waals surface area contributed by atoms with Crippen molar-refractivity contribution in [3.8, 4) is 0 Å². The van der Waals surface area contributed by atoms with Gasteiger partial charge in [0.05, 0.1) is 6.04 Å². The number of hydrogen-bond acceptors (Lipinski definition) is 2. The van der Waals surface area contributed by atoms with Crippen LogP contribution in [-0.2, 0) is 4.79 Å². The third-order valence-corrected chi connectivity index (χ3v) is 3.79. The summed E-state index contributed by atoms with van der Waals surface area (Å²) in [6, 6.07) is -0.408. The minimum atomic E-state index is -0.408. The van der Waals surface area contributed by atoms with Crippen LogP contribution in [0.4, 0.5) is 0 Å². The third kappa shape index (κ3) is 5.07. The lowest BCUT2D eigenvalue weighted by atomic mass is 9.86. The number of amides is 1. The molecule has 1 saturated carbocycles. The van der Waals surface area contributed by atoms with Crippen molar-refractivity contribution >= 4 is 5.91 Å². The predicted octanol–water partition coefficient (Wildman–Crippen LogP) is 2.45. The molecule has 0 spiro atoms. The highest BCUT2D eigenvalue weighted by molar-refractivity contribution is 5.82. The molecule has 100 valence electrons. The molecule has 0 aliphatic heterocycles. The fourth-order valence-corrected chi connectivity index (χ4v) is 2.38. The highest BCUT2D eigenvalue weighted by atomic mass is 16.2. The van der Waals surface area contributed by atoms with Gasteiger partial charge in [-0.25, -0.2) is 0 Å². The van der Waals surface area contributed by atoms with Gasteiger partial charge in [-0.2, -0.15) is 0 Å². The fourth-order valence-electron chi connectivity index (χ4n) is 2.38. The molecule has 0 aromatic heterocycles. The lowest BCUT2D eigenvalue weighted by Crippen LogP contribution is -2.48. The predicted molar refractivity (Wildman–Crippen MR) is 71.6 cm³/mol. The van der Waals surface area contributed by atoms with Crippen LogP contribution in [0.1, 0.15) is 59.3 Å². The van der Waals surface area contributed by atoms with Gasteiger partial charge in [0.1, 0.15) is 0 Å². The Hall–Kier alpha value is -0.570. The Morgan fingerprint density at radius 1 is 1.29 bits per heavy atom. The first-order valence-electron chi connectivity index (χ1n) is 6.94. The van der Waals surface area contributed by atoms with Gasteiger partial charge in [-0.15, -0.1) is 0 Å². The summed E-state index contributed by atoms with van der Waals surface area (Å²) in [5.74, 6) is 0.809. The molecule has 1 fully saturated rings. The SMILES string of the molecule is CC(C)(C)[C@H](N)C(=O)NCCC1CCCCC1. The van der Waals surface area contributed by atoms with Gasteiger partial charge in [-0.1, -0.05) is 52.9 Å². The molecule has 0 aromatic carbocycles. The second-order valence-electron chi connectivity index (χ2n) is 6.43. The fraction of sp³-hybridized carbons (Fsp3) is 0.929.